The monoisotopic (exact) mass is 291 g/mol. The summed E-state index contributed by atoms with van der Waals surface area (Å²) in [6, 6.07) is 3.89. The van der Waals surface area contributed by atoms with Crippen molar-refractivity contribution in [2.24, 2.45) is 0 Å². The maximum Gasteiger partial charge on any atom is 0.188 e. The summed E-state index contributed by atoms with van der Waals surface area (Å²) in [5.41, 5.74) is 0.216. The van der Waals surface area contributed by atoms with Crippen LogP contribution < -0.4 is 4.74 Å². The molecule has 1 aromatic heterocycles. The van der Waals surface area contributed by atoms with Crippen LogP contribution >= 0.6 is 0 Å². The average Bonchev–Trinajstić information content (AvgIpc) is 2.89. The van der Waals surface area contributed by atoms with Crippen LogP contribution in [0.25, 0.3) is 0 Å². The molecule has 1 heterocycles. The summed E-state index contributed by atoms with van der Waals surface area (Å²) in [4.78, 5) is 16.7. The van der Waals surface area contributed by atoms with Crippen LogP contribution in [0.5, 0.6) is 5.75 Å². The van der Waals surface area contributed by atoms with E-state index < -0.39 is 5.82 Å². The number of hydrogen-bond donors (Lipinski definition) is 0. The van der Waals surface area contributed by atoms with Crippen molar-refractivity contribution in [3.8, 4) is 5.75 Å². The molecule has 0 saturated carbocycles. The molecule has 0 radical (unpaired) electrons. The summed E-state index contributed by atoms with van der Waals surface area (Å²) in [5, 5.41) is 4.29. The zero-order valence-corrected chi connectivity index (χ0v) is 12.4. The lowest BCUT2D eigenvalue weighted by molar-refractivity contribution is 0.0962. The van der Waals surface area contributed by atoms with E-state index >= 15 is 0 Å². The molecular formula is C15H18FN3O2. The quantitative estimate of drug-likeness (QED) is 0.767. The SMILES string of the molecule is CCc1nc(CC)n(CC(=O)c2cc(F)ccc2OC)n1. The number of aromatic nitrogens is 3. The van der Waals surface area contributed by atoms with Gasteiger partial charge in [0.05, 0.1) is 12.7 Å². The van der Waals surface area contributed by atoms with Crippen molar-refractivity contribution < 1.29 is 13.9 Å². The summed E-state index contributed by atoms with van der Waals surface area (Å²) in [6.07, 6.45) is 1.39. The van der Waals surface area contributed by atoms with Gasteiger partial charge in [-0.3, -0.25) is 4.79 Å². The molecule has 0 aliphatic rings. The minimum atomic E-state index is -0.470. The molecule has 0 N–H and O–H groups in total. The summed E-state index contributed by atoms with van der Waals surface area (Å²) in [5.74, 6) is 1.08. The number of Topliss-reactive ketones (excluding diaryl/α,β-unsaturated/α-hetero) is 1. The minimum Gasteiger partial charge on any atom is -0.496 e. The van der Waals surface area contributed by atoms with E-state index in [1.807, 2.05) is 13.8 Å². The van der Waals surface area contributed by atoms with Crippen LogP contribution in [0.3, 0.4) is 0 Å². The smallest absolute Gasteiger partial charge is 0.188 e. The first kappa shape index (κ1) is 15.2. The van der Waals surface area contributed by atoms with Gasteiger partial charge in [-0.15, -0.1) is 0 Å². The first-order valence-electron chi connectivity index (χ1n) is 6.88. The van der Waals surface area contributed by atoms with Crippen molar-refractivity contribution in [1.82, 2.24) is 14.8 Å². The summed E-state index contributed by atoms with van der Waals surface area (Å²) in [6.45, 7) is 3.93. The lowest BCUT2D eigenvalue weighted by Gasteiger charge is -2.08. The number of carbonyl (C=O) groups is 1. The molecule has 1 aromatic carbocycles. The van der Waals surface area contributed by atoms with Gasteiger partial charge in [0.25, 0.3) is 0 Å². The van der Waals surface area contributed by atoms with Gasteiger partial charge in [-0.2, -0.15) is 5.10 Å². The number of hydrogen-bond acceptors (Lipinski definition) is 4. The molecule has 0 saturated heterocycles. The second-order valence-electron chi connectivity index (χ2n) is 4.58. The third-order valence-electron chi connectivity index (χ3n) is 3.18. The van der Waals surface area contributed by atoms with Gasteiger partial charge in [-0.25, -0.2) is 14.1 Å². The van der Waals surface area contributed by atoms with Gasteiger partial charge in [-0.05, 0) is 18.2 Å². The maximum absolute atomic E-state index is 13.3. The van der Waals surface area contributed by atoms with Crippen LogP contribution in [0.2, 0.25) is 0 Å². The number of rotatable bonds is 6. The van der Waals surface area contributed by atoms with Crippen molar-refractivity contribution >= 4 is 5.78 Å². The predicted octanol–water partition coefficient (Wildman–Crippen LogP) is 2.43. The highest BCUT2D eigenvalue weighted by Crippen LogP contribution is 2.20. The van der Waals surface area contributed by atoms with Gasteiger partial charge in [0.15, 0.2) is 11.6 Å². The Labute approximate surface area is 122 Å². The fraction of sp³-hybridized carbons (Fsp3) is 0.400. The van der Waals surface area contributed by atoms with Crippen molar-refractivity contribution in [3.63, 3.8) is 0 Å². The Morgan fingerprint density at radius 2 is 2.10 bits per heavy atom. The molecule has 2 aromatic rings. The maximum atomic E-state index is 13.3. The zero-order valence-electron chi connectivity index (χ0n) is 12.4. The summed E-state index contributed by atoms with van der Waals surface area (Å²) >= 11 is 0. The topological polar surface area (TPSA) is 57.0 Å². The molecule has 5 nitrogen and oxygen atoms in total. The molecule has 0 spiro atoms. The molecule has 0 bridgehead atoms. The largest absolute Gasteiger partial charge is 0.496 e. The van der Waals surface area contributed by atoms with Crippen molar-refractivity contribution in [2.45, 2.75) is 33.2 Å². The fourth-order valence-electron chi connectivity index (χ4n) is 2.08. The molecule has 0 atom stereocenters. The number of nitrogens with zero attached hydrogens (tertiary/aromatic N) is 3. The lowest BCUT2D eigenvalue weighted by Crippen LogP contribution is -2.15. The third-order valence-corrected chi connectivity index (χ3v) is 3.18. The molecule has 0 aliphatic heterocycles. The first-order valence-corrected chi connectivity index (χ1v) is 6.88. The Balaban J connectivity index is 2.29. The van der Waals surface area contributed by atoms with E-state index in [2.05, 4.69) is 10.1 Å². The molecule has 21 heavy (non-hydrogen) atoms. The van der Waals surface area contributed by atoms with Crippen LogP contribution in [0.4, 0.5) is 4.39 Å². The van der Waals surface area contributed by atoms with Gasteiger partial charge >= 0.3 is 0 Å². The van der Waals surface area contributed by atoms with E-state index in [1.165, 1.54) is 25.3 Å². The normalized spacial score (nSPS) is 10.7. The third kappa shape index (κ3) is 3.26. The van der Waals surface area contributed by atoms with Crippen LogP contribution in [-0.2, 0) is 19.4 Å². The second-order valence-corrected chi connectivity index (χ2v) is 4.58. The summed E-state index contributed by atoms with van der Waals surface area (Å²) in [7, 11) is 1.45. The fourth-order valence-corrected chi connectivity index (χ4v) is 2.08. The molecular weight excluding hydrogens is 273 g/mol. The van der Waals surface area contributed by atoms with Crippen molar-refractivity contribution in [1.29, 1.82) is 0 Å². The van der Waals surface area contributed by atoms with Crippen LogP contribution in [-0.4, -0.2) is 27.7 Å². The van der Waals surface area contributed by atoms with Gasteiger partial charge in [-0.1, -0.05) is 13.8 Å². The molecule has 2 rings (SSSR count). The average molecular weight is 291 g/mol. The van der Waals surface area contributed by atoms with Crippen LogP contribution in [0, 0.1) is 5.82 Å². The van der Waals surface area contributed by atoms with E-state index in [1.54, 1.807) is 4.68 Å². The Bertz CT molecular complexity index is 652. The standard InChI is InChI=1S/C15H18FN3O2/c1-4-14-17-15(5-2)19(18-14)9-12(20)11-8-10(16)6-7-13(11)21-3/h6-8H,4-5,9H2,1-3H3. The number of ketones is 1. The van der Waals surface area contributed by atoms with E-state index in [0.29, 0.717) is 24.4 Å². The molecule has 112 valence electrons. The number of ether oxygens (including phenoxy) is 1. The van der Waals surface area contributed by atoms with E-state index in [9.17, 15) is 9.18 Å². The van der Waals surface area contributed by atoms with E-state index in [0.717, 1.165) is 5.82 Å². The van der Waals surface area contributed by atoms with Crippen LogP contribution in [0.15, 0.2) is 18.2 Å². The van der Waals surface area contributed by atoms with Crippen molar-refractivity contribution in [3.05, 3.63) is 41.2 Å². The Hall–Kier alpha value is -2.24. The van der Waals surface area contributed by atoms with Gasteiger partial charge < -0.3 is 4.74 Å². The van der Waals surface area contributed by atoms with Gasteiger partial charge in [0.1, 0.15) is 23.9 Å². The highest BCUT2D eigenvalue weighted by molar-refractivity contribution is 5.98. The second kappa shape index (κ2) is 6.47. The first-order chi connectivity index (χ1) is 10.1. The molecule has 0 amide bonds. The number of halogens is 1. The molecule has 0 aliphatic carbocycles. The Morgan fingerprint density at radius 3 is 2.71 bits per heavy atom. The van der Waals surface area contributed by atoms with Crippen LogP contribution in [0.1, 0.15) is 35.9 Å². The summed E-state index contributed by atoms with van der Waals surface area (Å²) < 4.78 is 20.0. The molecule has 6 heteroatoms. The molecule has 0 unspecified atom stereocenters. The molecule has 0 fully saturated rings. The minimum absolute atomic E-state index is 0.0238. The number of methoxy groups -OCH3 is 1. The lowest BCUT2D eigenvalue weighted by atomic mass is 10.1. The van der Waals surface area contributed by atoms with E-state index in [4.69, 9.17) is 4.74 Å². The number of carbonyl (C=O) groups excluding carboxylic acids is 1. The highest BCUT2D eigenvalue weighted by Gasteiger charge is 2.17. The number of aryl methyl sites for hydroxylation is 2. The van der Waals surface area contributed by atoms with Gasteiger partial charge in [0.2, 0.25) is 0 Å². The predicted molar refractivity (Wildman–Crippen MR) is 76.1 cm³/mol. The Kier molecular flexibility index (Phi) is 4.67. The number of benzene rings is 1. The zero-order chi connectivity index (χ0) is 15.4. The van der Waals surface area contributed by atoms with E-state index in [-0.39, 0.29) is 17.9 Å². The Morgan fingerprint density at radius 1 is 1.33 bits per heavy atom. The highest BCUT2D eigenvalue weighted by atomic mass is 19.1. The van der Waals surface area contributed by atoms with Gasteiger partial charge in [0, 0.05) is 12.8 Å². The van der Waals surface area contributed by atoms with Crippen molar-refractivity contribution in [2.75, 3.05) is 7.11 Å².